The van der Waals surface area contributed by atoms with Crippen LogP contribution in [0.2, 0.25) is 0 Å². The number of hydrogen-bond acceptors (Lipinski definition) is 3. The normalized spacial score (nSPS) is 15.3. The molecule has 0 aliphatic heterocycles. The topological polar surface area (TPSA) is 71.4 Å². The van der Waals surface area contributed by atoms with Gasteiger partial charge in [-0.25, -0.2) is 8.42 Å². The van der Waals surface area contributed by atoms with E-state index >= 15 is 0 Å². The van der Waals surface area contributed by atoms with Gasteiger partial charge >= 0.3 is 5.97 Å². The fourth-order valence-electron chi connectivity index (χ4n) is 1.68. The summed E-state index contributed by atoms with van der Waals surface area (Å²) in [6.07, 6.45) is 0. The van der Waals surface area contributed by atoms with E-state index in [0.29, 0.717) is 5.56 Å². The Morgan fingerprint density at radius 2 is 1.78 bits per heavy atom. The van der Waals surface area contributed by atoms with Gasteiger partial charge in [0.05, 0.1) is 5.75 Å². The molecule has 0 spiro atoms. The first-order valence-electron chi connectivity index (χ1n) is 5.71. The molecule has 0 fully saturated rings. The summed E-state index contributed by atoms with van der Waals surface area (Å²) >= 11 is 0. The van der Waals surface area contributed by atoms with Gasteiger partial charge in [0.25, 0.3) is 0 Å². The molecule has 1 aromatic rings. The number of hydrogen-bond donors (Lipinski definition) is 1. The molecule has 1 rings (SSSR count). The first-order chi connectivity index (χ1) is 8.22. The summed E-state index contributed by atoms with van der Waals surface area (Å²) < 4.78 is 22.9. The molecule has 5 heteroatoms. The minimum Gasteiger partial charge on any atom is -0.480 e. The van der Waals surface area contributed by atoms with Crippen molar-refractivity contribution in [3.05, 3.63) is 35.9 Å². The molecule has 1 unspecified atom stereocenters. The van der Waals surface area contributed by atoms with Gasteiger partial charge in [-0.3, -0.25) is 4.79 Å². The van der Waals surface area contributed by atoms with Crippen LogP contribution in [0.3, 0.4) is 0 Å². The highest BCUT2D eigenvalue weighted by Gasteiger charge is 2.48. The van der Waals surface area contributed by atoms with Crippen LogP contribution in [0.15, 0.2) is 30.3 Å². The number of rotatable bonds is 5. The Balaban J connectivity index is 3.17. The van der Waals surface area contributed by atoms with Gasteiger partial charge in [0.2, 0.25) is 0 Å². The van der Waals surface area contributed by atoms with E-state index in [1.165, 1.54) is 6.92 Å². The van der Waals surface area contributed by atoms with Gasteiger partial charge in [0.1, 0.15) is 0 Å². The Labute approximate surface area is 108 Å². The molecule has 0 saturated carbocycles. The molecule has 18 heavy (non-hydrogen) atoms. The fourth-order valence-corrected chi connectivity index (χ4v) is 3.60. The number of carboxylic acid groups (broad SMARTS) is 1. The lowest BCUT2D eigenvalue weighted by Crippen LogP contribution is -2.48. The quantitative estimate of drug-likeness (QED) is 0.889. The maximum Gasteiger partial charge on any atom is 0.325 e. The molecule has 0 amide bonds. The lowest BCUT2D eigenvalue weighted by Gasteiger charge is -2.28. The van der Waals surface area contributed by atoms with E-state index in [1.54, 1.807) is 44.2 Å². The molecule has 0 aliphatic rings. The third-order valence-electron chi connectivity index (χ3n) is 3.37. The lowest BCUT2D eigenvalue weighted by molar-refractivity contribution is -0.140. The number of aliphatic carboxylic acids is 1. The summed E-state index contributed by atoms with van der Waals surface area (Å²) in [5.41, 5.74) is 0.602. The summed E-state index contributed by atoms with van der Waals surface area (Å²) in [4.78, 5) is 11.3. The zero-order valence-corrected chi connectivity index (χ0v) is 11.6. The van der Waals surface area contributed by atoms with Crippen molar-refractivity contribution in [1.82, 2.24) is 0 Å². The smallest absolute Gasteiger partial charge is 0.325 e. The van der Waals surface area contributed by atoms with Crippen LogP contribution in [0.4, 0.5) is 0 Å². The van der Waals surface area contributed by atoms with Gasteiger partial charge in [-0.05, 0) is 18.4 Å². The SMILES string of the molecule is CC(C)C(C)(C(=O)O)S(=O)(=O)Cc1ccccc1. The number of carbonyl (C=O) groups is 1. The zero-order valence-electron chi connectivity index (χ0n) is 10.8. The van der Waals surface area contributed by atoms with Crippen LogP contribution < -0.4 is 0 Å². The van der Waals surface area contributed by atoms with Crippen molar-refractivity contribution < 1.29 is 18.3 Å². The molecular weight excluding hydrogens is 252 g/mol. The Morgan fingerprint density at radius 1 is 1.28 bits per heavy atom. The average molecular weight is 270 g/mol. The van der Waals surface area contributed by atoms with Crippen molar-refractivity contribution in [2.24, 2.45) is 5.92 Å². The van der Waals surface area contributed by atoms with Gasteiger partial charge in [-0.15, -0.1) is 0 Å². The maximum absolute atomic E-state index is 12.3. The second-order valence-corrected chi connectivity index (χ2v) is 7.18. The number of sulfone groups is 1. The van der Waals surface area contributed by atoms with Crippen LogP contribution in [-0.4, -0.2) is 24.2 Å². The van der Waals surface area contributed by atoms with Crippen LogP contribution in [0.25, 0.3) is 0 Å². The van der Waals surface area contributed by atoms with Crippen molar-refractivity contribution in [2.75, 3.05) is 0 Å². The van der Waals surface area contributed by atoms with Crippen LogP contribution in [-0.2, 0) is 20.4 Å². The van der Waals surface area contributed by atoms with Gasteiger partial charge in [-0.1, -0.05) is 44.2 Å². The van der Waals surface area contributed by atoms with Gasteiger partial charge in [0, 0.05) is 0 Å². The first kappa shape index (κ1) is 14.7. The molecule has 0 bridgehead atoms. The Bertz CT molecular complexity index is 519. The third kappa shape index (κ3) is 2.56. The van der Waals surface area contributed by atoms with E-state index in [9.17, 15) is 18.3 Å². The van der Waals surface area contributed by atoms with E-state index in [0.717, 1.165) is 0 Å². The lowest BCUT2D eigenvalue weighted by atomic mass is 9.97. The summed E-state index contributed by atoms with van der Waals surface area (Å²) in [5.74, 6) is -2.05. The van der Waals surface area contributed by atoms with Crippen LogP contribution in [0.1, 0.15) is 26.3 Å². The van der Waals surface area contributed by atoms with Crippen molar-refractivity contribution in [1.29, 1.82) is 0 Å². The fraction of sp³-hybridized carbons (Fsp3) is 0.462. The van der Waals surface area contributed by atoms with Crippen LogP contribution >= 0.6 is 0 Å². The highest BCUT2D eigenvalue weighted by atomic mass is 32.2. The van der Waals surface area contributed by atoms with Gasteiger partial charge in [0.15, 0.2) is 14.6 Å². The number of carboxylic acids is 1. The van der Waals surface area contributed by atoms with Crippen molar-refractivity contribution in [2.45, 2.75) is 31.3 Å². The van der Waals surface area contributed by atoms with Crippen LogP contribution in [0, 0.1) is 5.92 Å². The summed E-state index contributed by atoms with van der Waals surface area (Å²) in [5, 5.41) is 9.24. The largest absolute Gasteiger partial charge is 0.480 e. The summed E-state index contributed by atoms with van der Waals surface area (Å²) in [7, 11) is -3.77. The molecule has 100 valence electrons. The predicted octanol–water partition coefficient (Wildman–Crippen LogP) is 2.10. The molecule has 0 aromatic heterocycles. The maximum atomic E-state index is 12.3. The highest BCUT2D eigenvalue weighted by Crippen LogP contribution is 2.30. The Morgan fingerprint density at radius 3 is 2.17 bits per heavy atom. The van der Waals surface area contributed by atoms with Gasteiger partial charge in [-0.2, -0.15) is 0 Å². The first-order valence-corrected chi connectivity index (χ1v) is 7.36. The van der Waals surface area contributed by atoms with Crippen molar-refractivity contribution in [3.63, 3.8) is 0 Å². The van der Waals surface area contributed by atoms with E-state index in [1.807, 2.05) is 0 Å². The third-order valence-corrected chi connectivity index (χ3v) is 6.02. The minimum absolute atomic E-state index is 0.255. The summed E-state index contributed by atoms with van der Waals surface area (Å²) in [6, 6.07) is 8.62. The highest BCUT2D eigenvalue weighted by molar-refractivity contribution is 7.92. The molecule has 1 N–H and O–H groups in total. The monoisotopic (exact) mass is 270 g/mol. The molecular formula is C13H18O4S. The average Bonchev–Trinajstić information content (AvgIpc) is 2.27. The van der Waals surface area contributed by atoms with E-state index in [-0.39, 0.29) is 5.75 Å². The Kier molecular flexibility index (Phi) is 4.16. The molecule has 1 aromatic carbocycles. The van der Waals surface area contributed by atoms with Crippen molar-refractivity contribution >= 4 is 15.8 Å². The van der Waals surface area contributed by atoms with E-state index in [4.69, 9.17) is 0 Å². The van der Waals surface area contributed by atoms with Gasteiger partial charge < -0.3 is 5.11 Å². The molecule has 4 nitrogen and oxygen atoms in total. The zero-order chi connectivity index (χ0) is 14.0. The number of benzene rings is 1. The van der Waals surface area contributed by atoms with Crippen LogP contribution in [0.5, 0.6) is 0 Å². The summed E-state index contributed by atoms with van der Waals surface area (Å²) in [6.45, 7) is 4.49. The molecule has 0 heterocycles. The standard InChI is InChI=1S/C13H18O4S/c1-10(2)13(3,12(14)15)18(16,17)9-11-7-5-4-6-8-11/h4-8,10H,9H2,1-3H3,(H,14,15). The predicted molar refractivity (Wildman–Crippen MR) is 69.9 cm³/mol. The minimum atomic E-state index is -3.77. The Hall–Kier alpha value is -1.36. The van der Waals surface area contributed by atoms with E-state index in [2.05, 4.69) is 0 Å². The second-order valence-electron chi connectivity index (χ2n) is 4.81. The van der Waals surface area contributed by atoms with E-state index < -0.39 is 26.5 Å². The second kappa shape index (κ2) is 5.10. The molecule has 1 atom stereocenters. The molecule has 0 saturated heterocycles. The molecule has 0 radical (unpaired) electrons. The molecule has 0 aliphatic carbocycles. The van der Waals surface area contributed by atoms with Crippen molar-refractivity contribution in [3.8, 4) is 0 Å².